The Hall–Kier alpha value is -3.92. The highest BCUT2D eigenvalue weighted by Gasteiger charge is 2.50. The summed E-state index contributed by atoms with van der Waals surface area (Å²) in [6.07, 6.45) is 3.62. The molecule has 1 aromatic carbocycles. The lowest BCUT2D eigenvalue weighted by molar-refractivity contribution is -0.149. The van der Waals surface area contributed by atoms with Gasteiger partial charge in [0.2, 0.25) is 29.5 Å². The van der Waals surface area contributed by atoms with Gasteiger partial charge < -0.3 is 40.5 Å². The summed E-state index contributed by atoms with van der Waals surface area (Å²) in [6.45, 7) is 18.1. The van der Waals surface area contributed by atoms with Gasteiger partial charge in [0.1, 0.15) is 16.6 Å². The van der Waals surface area contributed by atoms with Gasteiger partial charge in [-0.05, 0) is 62.0 Å². The number of nitrogens with zero attached hydrogens (tertiary/aromatic N) is 3. The zero-order valence-electron chi connectivity index (χ0n) is 40.5. The Bertz CT molecular complexity index is 1740. The van der Waals surface area contributed by atoms with E-state index in [1.54, 1.807) is 46.5 Å². The molecule has 1 aliphatic heterocycles. The predicted molar refractivity (Wildman–Crippen MR) is 250 cm³/mol. The summed E-state index contributed by atoms with van der Waals surface area (Å²) in [6, 6.07) is 7.88. The van der Waals surface area contributed by atoms with E-state index in [0.717, 1.165) is 17.0 Å². The molecule has 1 saturated heterocycles. The summed E-state index contributed by atoms with van der Waals surface area (Å²) in [5.74, 6) is -3.18. The van der Waals surface area contributed by atoms with E-state index in [2.05, 4.69) is 26.3 Å². The van der Waals surface area contributed by atoms with Gasteiger partial charge in [0.05, 0.1) is 48.6 Å². The van der Waals surface area contributed by atoms with E-state index in [-0.39, 0.29) is 71.7 Å². The first kappa shape index (κ1) is 53.4. The molecular weight excluding hydrogens is 819 g/mol. The van der Waals surface area contributed by atoms with Crippen molar-refractivity contribution in [3.05, 3.63) is 52.5 Å². The van der Waals surface area contributed by atoms with E-state index in [1.165, 1.54) is 11.3 Å². The topological polar surface area (TPSA) is 171 Å². The van der Waals surface area contributed by atoms with Gasteiger partial charge in [-0.15, -0.1) is 11.3 Å². The van der Waals surface area contributed by atoms with Gasteiger partial charge in [-0.25, -0.2) is 4.98 Å². The number of likely N-dealkylation sites (N-methyl/N-ethyl adjacent to an activating group) is 3. The molecule has 2 aromatic rings. The maximum atomic E-state index is 14.7. The monoisotopic (exact) mass is 898 g/mol. The molecule has 1 unspecified atom stereocenters. The van der Waals surface area contributed by atoms with Gasteiger partial charge in [-0.2, -0.15) is 0 Å². The maximum Gasteiger partial charge on any atom is 0.245 e. The van der Waals surface area contributed by atoms with Crippen molar-refractivity contribution < 1.29 is 33.4 Å². The predicted octanol–water partition coefficient (Wildman–Crippen LogP) is 5.63. The molecule has 2 heterocycles. The lowest BCUT2D eigenvalue weighted by Crippen LogP contribution is -2.66. The highest BCUT2D eigenvalue weighted by atomic mass is 32.1. The number of amides is 5. The van der Waals surface area contributed by atoms with Crippen LogP contribution in [0.2, 0.25) is 0 Å². The SMILES string of the molecule is CC[C@H](C)[C@@H]([C@@H](CC(=O)N1CCC[C@H]1[C@H](OC)[C@@H](C)C(=O)N[C@@H](Cc1ccccc1)c1nccs1)OC)N(C)C(=O)[C@@H](NC(=O)[C@@H](C(C)C)C(CC(C)C)(NC)C(=O)NC)C(C)C. The molecule has 0 bridgehead atoms. The zero-order chi connectivity index (χ0) is 47.2. The van der Waals surface area contributed by atoms with Crippen molar-refractivity contribution in [2.24, 2.45) is 35.5 Å². The quantitative estimate of drug-likeness (QED) is 0.0988. The fourth-order valence-electron chi connectivity index (χ4n) is 9.74. The average Bonchev–Trinajstić information content (AvgIpc) is 3.98. The minimum atomic E-state index is -1.21. The molecule has 354 valence electrons. The second kappa shape index (κ2) is 25.0. The highest BCUT2D eigenvalue weighted by molar-refractivity contribution is 7.09. The second-order valence-electron chi connectivity index (χ2n) is 18.6. The van der Waals surface area contributed by atoms with Crippen LogP contribution >= 0.6 is 11.3 Å². The molecule has 4 N–H and O–H groups in total. The fourth-order valence-corrected chi connectivity index (χ4v) is 10.4. The van der Waals surface area contributed by atoms with Crippen LogP contribution in [0.4, 0.5) is 0 Å². The lowest BCUT2D eigenvalue weighted by Gasteiger charge is -2.43. The number of ether oxygens (including phenoxy) is 2. The van der Waals surface area contributed by atoms with Crippen molar-refractivity contribution in [2.45, 2.75) is 143 Å². The van der Waals surface area contributed by atoms with Crippen molar-refractivity contribution >= 4 is 40.9 Å². The Balaban J connectivity index is 1.85. The number of thiazole rings is 1. The number of likely N-dealkylation sites (tertiary alicyclic amines) is 1. The Morgan fingerprint density at radius 2 is 1.60 bits per heavy atom. The number of aromatic nitrogens is 1. The molecule has 1 aromatic heterocycles. The third kappa shape index (κ3) is 13.3. The Labute approximate surface area is 381 Å². The van der Waals surface area contributed by atoms with Crippen molar-refractivity contribution in [2.75, 3.05) is 41.9 Å². The minimum absolute atomic E-state index is 0.0000158. The van der Waals surface area contributed by atoms with Gasteiger partial charge >= 0.3 is 0 Å². The molecule has 0 aliphatic carbocycles. The van der Waals surface area contributed by atoms with Crippen LogP contribution in [-0.4, -0.2) is 122 Å². The molecule has 1 fully saturated rings. The van der Waals surface area contributed by atoms with Gasteiger partial charge in [-0.3, -0.25) is 24.0 Å². The standard InChI is InChI=1S/C48H79N7O7S/c1-15-32(8)41(54(12)46(59)40(31(6)7)53-44(58)39(30(4)5)48(50-11,28-29(2)3)47(60)49-10)37(61-13)27-38(56)55-24-19-22-36(55)42(62-14)33(9)43(57)52-35(45-51-23-25-63-45)26-34-20-17-16-18-21-34/h16-18,20-21,23,25,29-33,35-37,39-42,50H,15,19,22,24,26-28H2,1-14H3,(H,49,60)(H,52,57)(H,53,58)/t32-,33+,35-,36-,37+,39+,40-,41-,42+,48?/m0/s1. The molecule has 5 amide bonds. The van der Waals surface area contributed by atoms with Crippen LogP contribution in [0.1, 0.15) is 111 Å². The van der Waals surface area contributed by atoms with E-state index >= 15 is 0 Å². The number of nitrogens with one attached hydrogen (secondary N) is 4. The van der Waals surface area contributed by atoms with E-state index in [1.807, 2.05) is 103 Å². The van der Waals surface area contributed by atoms with Crippen LogP contribution in [0.3, 0.4) is 0 Å². The normalized spacial score (nSPS) is 19.1. The number of benzene rings is 1. The van der Waals surface area contributed by atoms with Gasteiger partial charge in [0.25, 0.3) is 0 Å². The highest BCUT2D eigenvalue weighted by Crippen LogP contribution is 2.34. The van der Waals surface area contributed by atoms with Crippen molar-refractivity contribution in [3.63, 3.8) is 0 Å². The van der Waals surface area contributed by atoms with Crippen molar-refractivity contribution in [3.8, 4) is 0 Å². The number of methoxy groups -OCH3 is 2. The molecule has 0 saturated carbocycles. The Morgan fingerprint density at radius 3 is 2.11 bits per heavy atom. The van der Waals surface area contributed by atoms with E-state index in [4.69, 9.17) is 9.47 Å². The minimum Gasteiger partial charge on any atom is -0.379 e. The molecule has 3 rings (SSSR count). The summed E-state index contributed by atoms with van der Waals surface area (Å²) < 4.78 is 12.2. The molecule has 0 spiro atoms. The van der Waals surface area contributed by atoms with Crippen LogP contribution in [0.25, 0.3) is 0 Å². The average molecular weight is 898 g/mol. The number of hydrogen-bond donors (Lipinski definition) is 4. The third-order valence-corrected chi connectivity index (χ3v) is 14.0. The zero-order valence-corrected chi connectivity index (χ0v) is 41.3. The van der Waals surface area contributed by atoms with Crippen LogP contribution in [0.15, 0.2) is 41.9 Å². The van der Waals surface area contributed by atoms with Gasteiger partial charge in [0, 0.05) is 46.4 Å². The molecular formula is C48H79N7O7S. The smallest absolute Gasteiger partial charge is 0.245 e. The number of carbonyl (C=O) groups is 5. The lowest BCUT2D eigenvalue weighted by atomic mass is 9.71. The molecule has 63 heavy (non-hydrogen) atoms. The van der Waals surface area contributed by atoms with Crippen LogP contribution in [-0.2, 0) is 39.9 Å². The van der Waals surface area contributed by atoms with Gasteiger partial charge in [0.15, 0.2) is 0 Å². The Morgan fingerprint density at radius 1 is 0.937 bits per heavy atom. The van der Waals surface area contributed by atoms with Crippen molar-refractivity contribution in [1.82, 2.24) is 36.1 Å². The summed E-state index contributed by atoms with van der Waals surface area (Å²) in [5.41, 5.74) is -0.126. The molecule has 14 nitrogen and oxygen atoms in total. The maximum absolute atomic E-state index is 14.7. The van der Waals surface area contributed by atoms with Crippen molar-refractivity contribution in [1.29, 1.82) is 0 Å². The third-order valence-electron chi connectivity index (χ3n) is 13.1. The largest absolute Gasteiger partial charge is 0.379 e. The fraction of sp³-hybridized carbons (Fsp3) is 0.708. The van der Waals surface area contributed by atoms with Crippen LogP contribution < -0.4 is 21.3 Å². The summed E-state index contributed by atoms with van der Waals surface area (Å²) in [5, 5.41) is 15.0. The molecule has 1 aliphatic rings. The molecule has 15 heteroatoms. The summed E-state index contributed by atoms with van der Waals surface area (Å²) in [7, 11) is 8.14. The van der Waals surface area contributed by atoms with Crippen LogP contribution in [0, 0.1) is 35.5 Å². The molecule has 0 radical (unpaired) electrons. The van der Waals surface area contributed by atoms with Gasteiger partial charge in [-0.1, -0.05) is 99.1 Å². The number of carbonyl (C=O) groups excluding carboxylic acids is 5. The molecule has 10 atom stereocenters. The number of hydrogen-bond acceptors (Lipinski definition) is 10. The van der Waals surface area contributed by atoms with E-state index < -0.39 is 41.7 Å². The van der Waals surface area contributed by atoms with Crippen LogP contribution in [0.5, 0.6) is 0 Å². The first-order valence-electron chi connectivity index (χ1n) is 22.9. The summed E-state index contributed by atoms with van der Waals surface area (Å²) >= 11 is 1.50. The van der Waals surface area contributed by atoms with E-state index in [9.17, 15) is 24.0 Å². The first-order chi connectivity index (χ1) is 29.8. The Kier molecular flexibility index (Phi) is 21.2. The van der Waals surface area contributed by atoms with E-state index in [0.29, 0.717) is 32.2 Å². The first-order valence-corrected chi connectivity index (χ1v) is 23.8. The number of rotatable bonds is 25. The summed E-state index contributed by atoms with van der Waals surface area (Å²) in [4.78, 5) is 79.2. The second-order valence-corrected chi connectivity index (χ2v) is 19.5.